The number of imide groups is 2. The molecule has 3 aliphatic heterocycles. The number of carbonyl (C=O) groups is 5. The minimum atomic E-state index is -1.04. The highest BCUT2D eigenvalue weighted by molar-refractivity contribution is 6.24. The number of piperidine rings is 1. The van der Waals surface area contributed by atoms with Gasteiger partial charge in [-0.15, -0.1) is 10.2 Å². The van der Waals surface area contributed by atoms with Gasteiger partial charge in [-0.1, -0.05) is 18.2 Å². The Bertz CT molecular complexity index is 1940. The Morgan fingerprint density at radius 3 is 2.52 bits per heavy atom. The van der Waals surface area contributed by atoms with E-state index < -0.39 is 29.7 Å². The number of aromatic hydroxyl groups is 1. The van der Waals surface area contributed by atoms with Gasteiger partial charge in [0.05, 0.1) is 29.8 Å². The first-order valence-electron chi connectivity index (χ1n) is 16.9. The first kappa shape index (κ1) is 31.7. The molecule has 2 unspecified atom stereocenters. The van der Waals surface area contributed by atoms with Gasteiger partial charge in [0.1, 0.15) is 23.2 Å². The zero-order valence-corrected chi connectivity index (χ0v) is 27.2. The summed E-state index contributed by atoms with van der Waals surface area (Å²) in [6.45, 7) is 1.99. The quantitative estimate of drug-likeness (QED) is 0.267. The molecule has 0 radical (unpaired) electrons. The average Bonchev–Trinajstić information content (AvgIpc) is 3.70. The number of nitrogens with zero attached hydrogens (tertiary/aromatic N) is 4. The van der Waals surface area contributed by atoms with Crippen molar-refractivity contribution in [3.8, 4) is 28.5 Å². The van der Waals surface area contributed by atoms with Crippen molar-refractivity contribution in [3.05, 3.63) is 59.7 Å². The number of ether oxygens (including phenoxy) is 2. The van der Waals surface area contributed by atoms with Crippen LogP contribution in [0.4, 0.5) is 5.82 Å². The lowest BCUT2D eigenvalue weighted by Crippen LogP contribution is -2.56. The molecule has 6 aliphatic rings. The summed E-state index contributed by atoms with van der Waals surface area (Å²) in [6, 6.07) is 12.3. The maximum Gasteiger partial charge on any atom is 0.266 e. The Labute approximate surface area is 286 Å². The Morgan fingerprint density at radius 2 is 1.74 bits per heavy atom. The molecule has 2 aromatic carbocycles. The van der Waals surface area contributed by atoms with Crippen LogP contribution in [-0.2, 0) is 14.4 Å². The maximum absolute atomic E-state index is 13.6. The number of hydrogen-bond donors (Lipinski definition) is 3. The molecule has 3 aromatic rings. The fourth-order valence-electron chi connectivity index (χ4n) is 8.28. The van der Waals surface area contributed by atoms with Crippen molar-refractivity contribution in [2.45, 2.75) is 44.6 Å². The third kappa shape index (κ3) is 5.29. The maximum atomic E-state index is 13.6. The summed E-state index contributed by atoms with van der Waals surface area (Å²) >= 11 is 0. The van der Waals surface area contributed by atoms with Gasteiger partial charge >= 0.3 is 0 Å². The monoisotopic (exact) mass is 680 g/mol. The molecule has 2 bridgehead atoms. The van der Waals surface area contributed by atoms with Gasteiger partial charge in [-0.2, -0.15) is 0 Å². The summed E-state index contributed by atoms with van der Waals surface area (Å²) in [5.74, 6) is -0.257. The van der Waals surface area contributed by atoms with E-state index in [2.05, 4.69) is 15.5 Å². The number of nitrogens with two attached hydrogens (primary N) is 1. The van der Waals surface area contributed by atoms with Crippen molar-refractivity contribution in [3.63, 3.8) is 0 Å². The Hall–Kier alpha value is -5.53. The van der Waals surface area contributed by atoms with Crippen molar-refractivity contribution in [2.75, 3.05) is 32.0 Å². The van der Waals surface area contributed by atoms with Gasteiger partial charge in [0.2, 0.25) is 17.7 Å². The minimum absolute atomic E-state index is 0.0498. The van der Waals surface area contributed by atoms with Gasteiger partial charge < -0.3 is 25.2 Å². The predicted molar refractivity (Wildman–Crippen MR) is 176 cm³/mol. The van der Waals surface area contributed by atoms with Gasteiger partial charge in [0.25, 0.3) is 11.8 Å². The molecule has 2 atom stereocenters. The molecule has 258 valence electrons. The normalized spacial score (nSPS) is 25.6. The van der Waals surface area contributed by atoms with E-state index in [9.17, 15) is 29.1 Å². The summed E-state index contributed by atoms with van der Waals surface area (Å²) in [4.78, 5) is 66.8. The second-order valence-electron chi connectivity index (χ2n) is 14.1. The lowest BCUT2D eigenvalue weighted by Gasteiger charge is -2.47. The van der Waals surface area contributed by atoms with Crippen LogP contribution in [0.5, 0.6) is 17.2 Å². The van der Waals surface area contributed by atoms with Crippen LogP contribution in [0.15, 0.2) is 48.5 Å². The van der Waals surface area contributed by atoms with Crippen LogP contribution in [0, 0.1) is 23.2 Å². The largest absolute Gasteiger partial charge is 0.507 e. The zero-order valence-electron chi connectivity index (χ0n) is 27.2. The number of para-hydroxylation sites is 1. The molecular weight excluding hydrogens is 644 g/mol. The molecule has 3 aliphatic carbocycles. The zero-order chi connectivity index (χ0) is 34.7. The summed E-state index contributed by atoms with van der Waals surface area (Å²) in [7, 11) is 0. The molecule has 0 spiro atoms. The molecule has 1 aromatic heterocycles. The fourth-order valence-corrected chi connectivity index (χ4v) is 8.28. The number of fused-ring (bicyclic) bond motifs is 2. The smallest absolute Gasteiger partial charge is 0.266 e. The van der Waals surface area contributed by atoms with Gasteiger partial charge in [-0.25, -0.2) is 0 Å². The van der Waals surface area contributed by atoms with Crippen LogP contribution in [0.2, 0.25) is 0 Å². The number of anilines is 1. The van der Waals surface area contributed by atoms with Crippen molar-refractivity contribution in [1.82, 2.24) is 25.3 Å². The number of nitrogen functional groups attached to an aromatic ring is 1. The topological polar surface area (TPSA) is 194 Å². The van der Waals surface area contributed by atoms with Crippen LogP contribution in [0.1, 0.15) is 59.2 Å². The molecule has 50 heavy (non-hydrogen) atoms. The minimum Gasteiger partial charge on any atom is -0.507 e. The summed E-state index contributed by atoms with van der Waals surface area (Å²) in [5.41, 5.74) is 6.99. The third-order valence-corrected chi connectivity index (χ3v) is 11.0. The molecule has 14 heteroatoms. The predicted octanol–water partition coefficient (Wildman–Crippen LogP) is 2.56. The lowest BCUT2D eigenvalue weighted by atomic mass is 9.68. The summed E-state index contributed by atoms with van der Waals surface area (Å²) in [6.07, 6.45) is 3.25. The lowest BCUT2D eigenvalue weighted by molar-refractivity contribution is -0.153. The number of phenols is 1. The Kier molecular flexibility index (Phi) is 7.68. The van der Waals surface area contributed by atoms with E-state index in [1.807, 2.05) is 4.90 Å². The van der Waals surface area contributed by atoms with Crippen LogP contribution in [0.25, 0.3) is 11.3 Å². The van der Waals surface area contributed by atoms with Crippen molar-refractivity contribution >= 4 is 35.4 Å². The van der Waals surface area contributed by atoms with Crippen molar-refractivity contribution in [1.29, 1.82) is 0 Å². The molecule has 5 fully saturated rings. The summed E-state index contributed by atoms with van der Waals surface area (Å²) in [5, 5.41) is 20.5. The highest BCUT2D eigenvalue weighted by Gasteiger charge is 2.62. The van der Waals surface area contributed by atoms with Crippen molar-refractivity contribution in [2.24, 2.45) is 23.2 Å². The number of aromatic nitrogens is 2. The van der Waals surface area contributed by atoms with E-state index in [0.29, 0.717) is 55.6 Å². The molecule has 5 amide bonds. The number of carbonyl (C=O) groups excluding carboxylic acids is 5. The first-order chi connectivity index (χ1) is 24.1. The second kappa shape index (κ2) is 12.1. The van der Waals surface area contributed by atoms with E-state index in [4.69, 9.17) is 15.2 Å². The van der Waals surface area contributed by atoms with Crippen LogP contribution < -0.4 is 20.5 Å². The number of phenolic OH excluding ortho intramolecular Hbond substituents is 1. The van der Waals surface area contributed by atoms with E-state index >= 15 is 0 Å². The van der Waals surface area contributed by atoms with Crippen LogP contribution in [-0.4, -0.2) is 87.0 Å². The van der Waals surface area contributed by atoms with Gasteiger partial charge in [-0.05, 0) is 74.1 Å². The Balaban J connectivity index is 0.816. The van der Waals surface area contributed by atoms with Crippen LogP contribution >= 0.6 is 0 Å². The number of amides is 5. The van der Waals surface area contributed by atoms with Crippen molar-refractivity contribution < 1.29 is 38.6 Å². The van der Waals surface area contributed by atoms with Gasteiger partial charge in [0, 0.05) is 31.1 Å². The second-order valence-corrected chi connectivity index (χ2v) is 14.1. The fraction of sp³-hybridized carbons (Fsp3) is 0.417. The molecular formula is C36H36N6O8. The highest BCUT2D eigenvalue weighted by Crippen LogP contribution is 2.63. The molecule has 4 N–H and O–H groups in total. The number of hydrogen-bond acceptors (Lipinski definition) is 11. The number of benzene rings is 2. The van der Waals surface area contributed by atoms with E-state index in [1.54, 1.807) is 42.5 Å². The highest BCUT2D eigenvalue weighted by atomic mass is 16.5. The van der Waals surface area contributed by atoms with E-state index in [0.717, 1.165) is 24.2 Å². The molecule has 3 saturated carbocycles. The van der Waals surface area contributed by atoms with E-state index in [-0.39, 0.29) is 64.4 Å². The summed E-state index contributed by atoms with van der Waals surface area (Å²) < 4.78 is 12.1. The Morgan fingerprint density at radius 1 is 0.960 bits per heavy atom. The SMILES string of the molecule is Nc1nnc(-c2ccccc2O)cc1OCC1CC2(C(=O)N3CC(CCOc4cccc5c4C(=O)N(C4CCC(=O)NC4=O)C5=O)C3)CC1C2. The molecule has 4 heterocycles. The first-order valence-corrected chi connectivity index (χ1v) is 16.9. The third-order valence-electron chi connectivity index (χ3n) is 11.0. The molecule has 2 saturated heterocycles. The molecule has 9 rings (SSSR count). The number of nitrogens with one attached hydrogen (secondary N) is 1. The number of rotatable bonds is 10. The average molecular weight is 681 g/mol. The van der Waals surface area contributed by atoms with Gasteiger partial charge in [0.15, 0.2) is 11.6 Å². The molecule has 14 nitrogen and oxygen atoms in total. The standard InChI is InChI=1S/C36H36N6O8/c37-31-28(12-24(39-40-31)22-4-1-2-6-26(22)43)50-18-21-15-36(13-20(21)14-36)35(48)41-16-19(17-41)10-11-49-27-7-3-5-23-30(27)34(47)42(33(23)46)25-8-9-29(44)38-32(25)45/h1-7,12,19-21,25,43H,8-11,13-18H2,(H2,37,40)(H,38,44,45). The number of likely N-dealkylation sites (tertiary alicyclic amines) is 1. The van der Waals surface area contributed by atoms with E-state index in [1.165, 1.54) is 6.07 Å². The van der Waals surface area contributed by atoms with Gasteiger partial charge in [-0.3, -0.25) is 34.2 Å². The van der Waals surface area contributed by atoms with Crippen LogP contribution in [0.3, 0.4) is 0 Å².